The topological polar surface area (TPSA) is 128 Å². The van der Waals surface area contributed by atoms with Crippen molar-refractivity contribution in [3.05, 3.63) is 87.6 Å². The summed E-state index contributed by atoms with van der Waals surface area (Å²) in [7, 11) is -4.23. The first-order chi connectivity index (χ1) is 19.6. The molecular weight excluding hydrogens is 570 g/mol. The van der Waals surface area contributed by atoms with Crippen molar-refractivity contribution in [2.75, 3.05) is 0 Å². The Kier molecular flexibility index (Phi) is 7.08. The molecule has 2 aromatic heterocycles. The van der Waals surface area contributed by atoms with Crippen LogP contribution in [0.25, 0.3) is 22.0 Å². The summed E-state index contributed by atoms with van der Waals surface area (Å²) in [5.41, 5.74) is 4.61. The molecule has 12 heteroatoms. The van der Waals surface area contributed by atoms with Gasteiger partial charge in [0.25, 0.3) is 0 Å². The minimum atomic E-state index is -4.23. The molecule has 0 spiro atoms. The highest BCUT2D eigenvalue weighted by Gasteiger charge is 2.30. The van der Waals surface area contributed by atoms with Crippen molar-refractivity contribution in [3.8, 4) is 16.4 Å². The third-order valence-electron chi connectivity index (χ3n) is 7.47. The molecule has 0 amide bonds. The number of aromatic nitrogens is 3. The van der Waals surface area contributed by atoms with Crippen LogP contribution < -0.4 is 5.14 Å². The van der Waals surface area contributed by atoms with E-state index in [1.165, 1.54) is 17.5 Å². The van der Waals surface area contributed by atoms with Gasteiger partial charge in [0.15, 0.2) is 5.69 Å². The van der Waals surface area contributed by atoms with Gasteiger partial charge < -0.3 is 5.11 Å². The zero-order valence-corrected chi connectivity index (χ0v) is 23.4. The van der Waals surface area contributed by atoms with Crippen LogP contribution in [0.1, 0.15) is 65.0 Å². The first-order valence-corrected chi connectivity index (χ1v) is 15.6. The van der Waals surface area contributed by atoms with Crippen LogP contribution in [0, 0.1) is 17.6 Å². The van der Waals surface area contributed by atoms with E-state index in [0.29, 0.717) is 39.9 Å². The number of allylic oxidation sites excluding steroid dienone is 2. The molecule has 0 radical (unpaired) electrons. The highest BCUT2D eigenvalue weighted by Crippen LogP contribution is 2.39. The quantitative estimate of drug-likeness (QED) is 0.254. The molecule has 1 fully saturated rings. The van der Waals surface area contributed by atoms with Gasteiger partial charge in [0.2, 0.25) is 15.2 Å². The molecule has 2 aliphatic carbocycles. The number of carboxylic acids is 1. The number of benzene rings is 2. The molecule has 0 saturated heterocycles. The number of carboxylic acid groups (broad SMARTS) is 1. The Hall–Kier alpha value is -3.74. The molecule has 0 atom stereocenters. The van der Waals surface area contributed by atoms with Crippen LogP contribution in [-0.2, 0) is 22.9 Å². The molecule has 3 N–H and O–H groups in total. The van der Waals surface area contributed by atoms with Crippen molar-refractivity contribution in [2.45, 2.75) is 49.8 Å². The van der Waals surface area contributed by atoms with Gasteiger partial charge in [0.05, 0.1) is 11.4 Å². The van der Waals surface area contributed by atoms with Crippen molar-refractivity contribution >= 4 is 32.9 Å². The summed E-state index contributed by atoms with van der Waals surface area (Å²) < 4.78 is 54.9. The smallest absolute Gasteiger partial charge is 0.355 e. The Morgan fingerprint density at radius 1 is 1.15 bits per heavy atom. The van der Waals surface area contributed by atoms with Gasteiger partial charge in [-0.15, -0.1) is 11.3 Å². The molecule has 6 rings (SSSR count). The second kappa shape index (κ2) is 10.6. The minimum Gasteiger partial charge on any atom is -0.476 e. The summed E-state index contributed by atoms with van der Waals surface area (Å²) in [4.78, 5) is 15.3. The molecule has 212 valence electrons. The molecular formula is C29H26F2N4O4S2. The maximum absolute atomic E-state index is 14.9. The molecule has 2 aromatic carbocycles. The molecule has 4 aromatic rings. The lowest BCUT2D eigenvalue weighted by molar-refractivity contribution is 0.0691. The first kappa shape index (κ1) is 27.4. The van der Waals surface area contributed by atoms with Crippen molar-refractivity contribution in [1.29, 1.82) is 0 Å². The van der Waals surface area contributed by atoms with Crippen LogP contribution in [0.5, 0.6) is 0 Å². The van der Waals surface area contributed by atoms with E-state index in [1.54, 1.807) is 16.8 Å². The highest BCUT2D eigenvalue weighted by molar-refractivity contribution is 7.89. The molecule has 0 bridgehead atoms. The number of hydrogen-bond donors (Lipinski definition) is 2. The third kappa shape index (κ3) is 5.59. The lowest BCUT2D eigenvalue weighted by Gasteiger charge is -2.11. The molecule has 1 saturated carbocycles. The SMILES string of the molecule is NS(=O)(=O)c1ccc(Cc2c(-c3ccc(F)c(C4=CCCC4)c3)nn(-c3nc(C(=O)O)cs3)c2CC2CC2)cc1F. The van der Waals surface area contributed by atoms with Gasteiger partial charge in [0, 0.05) is 28.5 Å². The van der Waals surface area contributed by atoms with Crippen molar-refractivity contribution in [2.24, 2.45) is 11.1 Å². The van der Waals surface area contributed by atoms with Crippen molar-refractivity contribution in [1.82, 2.24) is 14.8 Å². The van der Waals surface area contributed by atoms with Gasteiger partial charge in [-0.2, -0.15) is 5.10 Å². The number of nitrogens with two attached hydrogens (primary N) is 1. The average Bonchev–Trinajstić information content (AvgIpc) is 3.29. The Morgan fingerprint density at radius 2 is 1.95 bits per heavy atom. The van der Waals surface area contributed by atoms with E-state index in [0.717, 1.165) is 72.4 Å². The summed E-state index contributed by atoms with van der Waals surface area (Å²) in [6.45, 7) is 0. The maximum Gasteiger partial charge on any atom is 0.355 e. The molecule has 0 unspecified atom stereocenters. The zero-order chi connectivity index (χ0) is 28.9. The first-order valence-electron chi connectivity index (χ1n) is 13.2. The number of aromatic carboxylic acids is 1. The van der Waals surface area contributed by atoms with Crippen LogP contribution in [-0.4, -0.2) is 34.3 Å². The summed E-state index contributed by atoms with van der Waals surface area (Å²) in [6, 6.07) is 8.65. The molecule has 2 heterocycles. The fourth-order valence-electron chi connectivity index (χ4n) is 5.25. The largest absolute Gasteiger partial charge is 0.476 e. The van der Waals surface area contributed by atoms with Crippen LogP contribution in [0.15, 0.2) is 52.7 Å². The van der Waals surface area contributed by atoms with Crippen molar-refractivity contribution in [3.63, 3.8) is 0 Å². The van der Waals surface area contributed by atoms with E-state index in [1.807, 2.05) is 6.08 Å². The summed E-state index contributed by atoms with van der Waals surface area (Å²) in [5, 5.41) is 21.3. The van der Waals surface area contributed by atoms with Gasteiger partial charge in [-0.3, -0.25) is 0 Å². The van der Waals surface area contributed by atoms with E-state index in [4.69, 9.17) is 10.2 Å². The normalized spacial score (nSPS) is 15.3. The summed E-state index contributed by atoms with van der Waals surface area (Å²) in [5.74, 6) is -2.02. The molecule has 2 aliphatic rings. The van der Waals surface area contributed by atoms with Crippen LogP contribution in [0.3, 0.4) is 0 Å². The number of rotatable bonds is 9. The van der Waals surface area contributed by atoms with Gasteiger partial charge in [-0.05, 0) is 85.9 Å². The van der Waals surface area contributed by atoms with Gasteiger partial charge in [-0.25, -0.2) is 36.8 Å². The number of hydrogen-bond acceptors (Lipinski definition) is 6. The van der Waals surface area contributed by atoms with Crippen molar-refractivity contribution < 1.29 is 27.1 Å². The lowest BCUT2D eigenvalue weighted by Crippen LogP contribution is -2.14. The molecule has 8 nitrogen and oxygen atoms in total. The lowest BCUT2D eigenvalue weighted by atomic mass is 9.94. The van der Waals surface area contributed by atoms with Gasteiger partial charge >= 0.3 is 5.97 Å². The monoisotopic (exact) mass is 596 g/mol. The summed E-state index contributed by atoms with van der Waals surface area (Å²) in [6.07, 6.45) is 7.57. The van der Waals surface area contributed by atoms with E-state index in [-0.39, 0.29) is 17.9 Å². The number of nitrogens with zero attached hydrogens (tertiary/aromatic N) is 3. The number of thiazole rings is 1. The maximum atomic E-state index is 14.9. The van der Waals surface area contributed by atoms with Gasteiger partial charge in [0.1, 0.15) is 16.5 Å². The number of carbonyl (C=O) groups is 1. The highest BCUT2D eigenvalue weighted by atomic mass is 32.2. The minimum absolute atomic E-state index is 0.0983. The fourth-order valence-corrected chi connectivity index (χ4v) is 6.61. The third-order valence-corrected chi connectivity index (χ3v) is 9.23. The number of halogens is 2. The predicted octanol–water partition coefficient (Wildman–Crippen LogP) is 5.73. The number of primary sulfonamides is 1. The predicted molar refractivity (Wildman–Crippen MR) is 150 cm³/mol. The van der Waals surface area contributed by atoms with E-state index in [9.17, 15) is 27.1 Å². The average molecular weight is 597 g/mol. The van der Waals surface area contributed by atoms with Crippen LogP contribution in [0.2, 0.25) is 0 Å². The zero-order valence-electron chi connectivity index (χ0n) is 21.8. The van der Waals surface area contributed by atoms with Gasteiger partial charge in [-0.1, -0.05) is 12.1 Å². The van der Waals surface area contributed by atoms with Crippen LogP contribution >= 0.6 is 11.3 Å². The van der Waals surface area contributed by atoms with E-state index in [2.05, 4.69) is 4.98 Å². The second-order valence-corrected chi connectivity index (χ2v) is 12.8. The Bertz CT molecular complexity index is 1820. The number of sulfonamides is 1. The Balaban J connectivity index is 1.53. The summed E-state index contributed by atoms with van der Waals surface area (Å²) >= 11 is 1.15. The Morgan fingerprint density at radius 3 is 2.59 bits per heavy atom. The fraction of sp³-hybridized carbons (Fsp3) is 0.276. The second-order valence-electron chi connectivity index (χ2n) is 10.5. The molecule has 0 aliphatic heterocycles. The van der Waals surface area contributed by atoms with Crippen LogP contribution in [0.4, 0.5) is 8.78 Å². The molecule has 41 heavy (non-hydrogen) atoms. The van der Waals surface area contributed by atoms with E-state index < -0.39 is 26.7 Å². The Labute approximate surface area is 239 Å². The standard InChI is InChI=1S/C29H26F2N4O4S2/c30-22-9-8-19(14-20(22)18-3-1-2-4-18)27-21(11-17-7-10-26(23(31)12-17)41(32,38)39)25(13-16-5-6-16)35(34-27)29-33-24(15-40-29)28(36)37/h3,7-10,12,14-16H,1-2,4-6,11,13H2,(H,36,37)(H2,32,38,39). The van der Waals surface area contributed by atoms with E-state index >= 15 is 0 Å².